The fourth-order valence-corrected chi connectivity index (χ4v) is 2.15. The molecule has 1 fully saturated rings. The Labute approximate surface area is 120 Å². The zero-order valence-electron chi connectivity index (χ0n) is 11.7. The molecule has 0 aliphatic carbocycles. The van der Waals surface area contributed by atoms with Gasteiger partial charge in [-0.1, -0.05) is 13.8 Å². The van der Waals surface area contributed by atoms with Crippen LogP contribution in [0.15, 0.2) is 24.3 Å². The first-order chi connectivity index (χ1) is 9.88. The molecule has 2 amide bonds. The van der Waals surface area contributed by atoms with Gasteiger partial charge in [0.2, 0.25) is 11.8 Å². The molecule has 1 aromatic rings. The molecule has 0 radical (unpaired) electrons. The van der Waals surface area contributed by atoms with Crippen molar-refractivity contribution in [3.05, 3.63) is 24.3 Å². The lowest BCUT2D eigenvalue weighted by atomic mass is 10.0. The van der Waals surface area contributed by atoms with Crippen molar-refractivity contribution in [1.82, 2.24) is 5.32 Å². The highest BCUT2D eigenvalue weighted by Gasteiger charge is 2.35. The Bertz CT molecular complexity index is 532. The molecule has 1 saturated heterocycles. The van der Waals surface area contributed by atoms with E-state index in [9.17, 15) is 18.4 Å². The van der Waals surface area contributed by atoms with Crippen LogP contribution < -0.4 is 15.0 Å². The number of nitrogens with one attached hydrogen (secondary N) is 1. The van der Waals surface area contributed by atoms with Crippen LogP contribution in [0.3, 0.4) is 0 Å². The third-order valence-corrected chi connectivity index (χ3v) is 3.19. The van der Waals surface area contributed by atoms with E-state index in [-0.39, 0.29) is 30.0 Å². The first-order valence-electron chi connectivity index (χ1n) is 6.54. The average Bonchev–Trinajstić information content (AvgIpc) is 2.41. The fourth-order valence-electron chi connectivity index (χ4n) is 2.15. The molecule has 114 valence electrons. The molecular formula is C14H16F2N2O3. The van der Waals surface area contributed by atoms with Crippen LogP contribution in [0.25, 0.3) is 0 Å². The average molecular weight is 298 g/mol. The van der Waals surface area contributed by atoms with Crippen LogP contribution in [0.2, 0.25) is 0 Å². The smallest absolute Gasteiger partial charge is 0.387 e. The minimum Gasteiger partial charge on any atom is -0.435 e. The van der Waals surface area contributed by atoms with Gasteiger partial charge in [-0.25, -0.2) is 0 Å². The third kappa shape index (κ3) is 3.48. The van der Waals surface area contributed by atoms with Crippen LogP contribution in [0.4, 0.5) is 14.5 Å². The van der Waals surface area contributed by atoms with Crippen molar-refractivity contribution in [2.75, 3.05) is 11.4 Å². The van der Waals surface area contributed by atoms with E-state index in [1.165, 1.54) is 29.2 Å². The third-order valence-electron chi connectivity index (χ3n) is 3.19. The molecule has 0 spiro atoms. The Hall–Kier alpha value is -2.18. The molecule has 1 heterocycles. The lowest BCUT2D eigenvalue weighted by Gasteiger charge is -2.34. The molecule has 1 aliphatic rings. The summed E-state index contributed by atoms with van der Waals surface area (Å²) < 4.78 is 28.4. The summed E-state index contributed by atoms with van der Waals surface area (Å²) in [5, 5.41) is 2.65. The quantitative estimate of drug-likeness (QED) is 0.921. The zero-order chi connectivity index (χ0) is 15.6. The summed E-state index contributed by atoms with van der Waals surface area (Å²) in [5.74, 6) is -0.498. The van der Waals surface area contributed by atoms with Crippen molar-refractivity contribution in [2.24, 2.45) is 5.92 Å². The van der Waals surface area contributed by atoms with Gasteiger partial charge in [0.15, 0.2) is 0 Å². The Morgan fingerprint density at radius 3 is 2.38 bits per heavy atom. The number of ether oxygens (including phenoxy) is 1. The maximum Gasteiger partial charge on any atom is 0.387 e. The van der Waals surface area contributed by atoms with E-state index >= 15 is 0 Å². The molecule has 1 aliphatic heterocycles. The summed E-state index contributed by atoms with van der Waals surface area (Å²) >= 11 is 0. The SMILES string of the molecule is CC(C)C1NC(=O)CN(c2ccc(OC(F)F)cc2)C1=O. The van der Waals surface area contributed by atoms with E-state index in [4.69, 9.17) is 0 Å². The maximum atomic E-state index is 12.3. The van der Waals surface area contributed by atoms with Crippen LogP contribution in [0.1, 0.15) is 13.8 Å². The highest BCUT2D eigenvalue weighted by Crippen LogP contribution is 2.23. The number of carbonyl (C=O) groups excluding carboxylic acids is 2. The fraction of sp³-hybridized carbons (Fsp3) is 0.429. The van der Waals surface area contributed by atoms with E-state index in [1.807, 2.05) is 13.8 Å². The number of rotatable bonds is 4. The summed E-state index contributed by atoms with van der Waals surface area (Å²) in [7, 11) is 0. The van der Waals surface area contributed by atoms with E-state index < -0.39 is 12.7 Å². The Morgan fingerprint density at radius 2 is 1.86 bits per heavy atom. The molecule has 0 saturated carbocycles. The Balaban J connectivity index is 2.19. The first-order valence-corrected chi connectivity index (χ1v) is 6.54. The number of hydrogen-bond donors (Lipinski definition) is 1. The number of halogens is 2. The van der Waals surface area contributed by atoms with Gasteiger partial charge in [-0.05, 0) is 30.2 Å². The standard InChI is InChI=1S/C14H16F2N2O3/c1-8(2)12-13(20)18(7-11(19)17-12)9-3-5-10(6-4-9)21-14(15)16/h3-6,8,12,14H,7H2,1-2H3,(H,17,19). The van der Waals surface area contributed by atoms with E-state index in [0.29, 0.717) is 5.69 Å². The van der Waals surface area contributed by atoms with Crippen LogP contribution in [-0.4, -0.2) is 31.0 Å². The number of hydrogen-bond acceptors (Lipinski definition) is 3. The van der Waals surface area contributed by atoms with Crippen LogP contribution in [0.5, 0.6) is 5.75 Å². The second-order valence-electron chi connectivity index (χ2n) is 5.09. The van der Waals surface area contributed by atoms with Gasteiger partial charge in [0.05, 0.1) is 0 Å². The molecule has 1 aromatic carbocycles. The minimum atomic E-state index is -2.90. The first kappa shape index (κ1) is 15.2. The van der Waals surface area contributed by atoms with Crippen LogP contribution in [0, 0.1) is 5.92 Å². The number of carbonyl (C=O) groups is 2. The van der Waals surface area contributed by atoms with Gasteiger partial charge in [0, 0.05) is 5.69 Å². The maximum absolute atomic E-state index is 12.3. The lowest BCUT2D eigenvalue weighted by Crippen LogP contribution is -2.60. The van der Waals surface area contributed by atoms with Gasteiger partial charge < -0.3 is 15.0 Å². The molecule has 0 aromatic heterocycles. The molecule has 1 unspecified atom stereocenters. The summed E-state index contributed by atoms with van der Waals surface area (Å²) in [4.78, 5) is 25.4. The predicted molar refractivity (Wildman–Crippen MR) is 72.2 cm³/mol. The van der Waals surface area contributed by atoms with Crippen molar-refractivity contribution >= 4 is 17.5 Å². The predicted octanol–water partition coefficient (Wildman–Crippen LogP) is 1.78. The summed E-state index contributed by atoms with van der Waals surface area (Å²) in [6.07, 6.45) is 0. The van der Waals surface area contributed by atoms with E-state index in [0.717, 1.165) is 0 Å². The molecule has 0 bridgehead atoms. The molecule has 1 N–H and O–H groups in total. The van der Waals surface area contributed by atoms with Gasteiger partial charge >= 0.3 is 6.61 Å². The van der Waals surface area contributed by atoms with Crippen molar-refractivity contribution in [3.8, 4) is 5.75 Å². The topological polar surface area (TPSA) is 58.6 Å². The second-order valence-corrected chi connectivity index (χ2v) is 5.09. The van der Waals surface area contributed by atoms with E-state index in [1.54, 1.807) is 0 Å². The van der Waals surface area contributed by atoms with Gasteiger partial charge in [0.25, 0.3) is 0 Å². The number of amides is 2. The largest absolute Gasteiger partial charge is 0.435 e. The highest BCUT2D eigenvalue weighted by atomic mass is 19.3. The van der Waals surface area contributed by atoms with Crippen LogP contribution >= 0.6 is 0 Å². The van der Waals surface area contributed by atoms with Gasteiger partial charge in [-0.15, -0.1) is 0 Å². The normalized spacial score (nSPS) is 19.1. The van der Waals surface area contributed by atoms with Gasteiger partial charge in [-0.3, -0.25) is 9.59 Å². The van der Waals surface area contributed by atoms with Crippen molar-refractivity contribution in [3.63, 3.8) is 0 Å². The number of alkyl halides is 2. The molecule has 7 heteroatoms. The number of piperazine rings is 1. The molecule has 2 rings (SSSR count). The van der Waals surface area contributed by atoms with E-state index in [2.05, 4.69) is 10.1 Å². The molecule has 1 atom stereocenters. The van der Waals surface area contributed by atoms with Crippen molar-refractivity contribution in [1.29, 1.82) is 0 Å². The van der Waals surface area contributed by atoms with Crippen molar-refractivity contribution < 1.29 is 23.1 Å². The second kappa shape index (κ2) is 6.07. The summed E-state index contributed by atoms with van der Waals surface area (Å²) in [6, 6.07) is 5.05. The molecule has 5 nitrogen and oxygen atoms in total. The monoisotopic (exact) mass is 298 g/mol. The summed E-state index contributed by atoms with van der Waals surface area (Å²) in [5.41, 5.74) is 0.474. The van der Waals surface area contributed by atoms with Gasteiger partial charge in [-0.2, -0.15) is 8.78 Å². The Kier molecular flexibility index (Phi) is 4.40. The molecular weight excluding hydrogens is 282 g/mol. The molecule has 21 heavy (non-hydrogen) atoms. The zero-order valence-corrected chi connectivity index (χ0v) is 11.7. The Morgan fingerprint density at radius 1 is 1.24 bits per heavy atom. The number of anilines is 1. The van der Waals surface area contributed by atoms with Crippen LogP contribution in [-0.2, 0) is 9.59 Å². The lowest BCUT2D eigenvalue weighted by molar-refractivity contribution is -0.132. The number of benzene rings is 1. The van der Waals surface area contributed by atoms with Crippen molar-refractivity contribution in [2.45, 2.75) is 26.5 Å². The summed E-state index contributed by atoms with van der Waals surface area (Å²) in [6.45, 7) is 0.693. The van der Waals surface area contributed by atoms with Gasteiger partial charge in [0.1, 0.15) is 18.3 Å². The highest BCUT2D eigenvalue weighted by molar-refractivity contribution is 6.06. The minimum absolute atomic E-state index is 0.00284. The number of nitrogens with zero attached hydrogens (tertiary/aromatic N) is 1.